The van der Waals surface area contributed by atoms with E-state index in [9.17, 15) is 24.9 Å². The highest BCUT2D eigenvalue weighted by Gasteiger charge is 2.41. The maximum atomic E-state index is 11.6. The first-order chi connectivity index (χ1) is 11.3. The predicted molar refractivity (Wildman–Crippen MR) is 86.8 cm³/mol. The summed E-state index contributed by atoms with van der Waals surface area (Å²) in [6.07, 6.45) is -1.36. The molecule has 0 spiro atoms. The van der Waals surface area contributed by atoms with E-state index in [2.05, 4.69) is 10.6 Å². The Morgan fingerprint density at radius 2 is 2.04 bits per heavy atom. The number of carbonyl (C=O) groups is 2. The van der Waals surface area contributed by atoms with Crippen molar-refractivity contribution in [2.75, 3.05) is 6.54 Å². The first kappa shape index (κ1) is 20.4. The average molecular weight is 344 g/mol. The molecule has 0 aromatic rings. The van der Waals surface area contributed by atoms with Gasteiger partial charge in [-0.3, -0.25) is 9.59 Å². The van der Waals surface area contributed by atoms with Crippen LogP contribution in [-0.2, 0) is 14.3 Å². The molecule has 24 heavy (non-hydrogen) atoms. The fourth-order valence-electron chi connectivity index (χ4n) is 2.53. The summed E-state index contributed by atoms with van der Waals surface area (Å²) in [6, 6.07) is -0.897. The number of unbranched alkanes of at least 4 members (excludes halogenated alkanes) is 1. The molecule has 0 radical (unpaired) electrons. The Morgan fingerprint density at radius 3 is 2.62 bits per heavy atom. The lowest BCUT2D eigenvalue weighted by molar-refractivity contribution is -0.130. The molecule has 0 aliphatic carbocycles. The second-order valence-corrected chi connectivity index (χ2v) is 6.04. The molecule has 8 heteroatoms. The van der Waals surface area contributed by atoms with Gasteiger partial charge in [-0.05, 0) is 19.4 Å². The molecule has 0 saturated heterocycles. The Morgan fingerprint density at radius 1 is 1.38 bits per heavy atom. The van der Waals surface area contributed by atoms with E-state index < -0.39 is 36.4 Å². The zero-order chi connectivity index (χ0) is 18.3. The second kappa shape index (κ2) is 9.61. The van der Waals surface area contributed by atoms with Gasteiger partial charge in [0.2, 0.25) is 11.8 Å². The van der Waals surface area contributed by atoms with E-state index in [-0.39, 0.29) is 12.5 Å². The number of aliphatic hydroxyl groups excluding tert-OH is 3. The summed E-state index contributed by atoms with van der Waals surface area (Å²) in [5.74, 6) is -0.218. The summed E-state index contributed by atoms with van der Waals surface area (Å²) in [7, 11) is 0. The van der Waals surface area contributed by atoms with Crippen LogP contribution in [0.4, 0.5) is 0 Å². The zero-order valence-corrected chi connectivity index (χ0v) is 14.4. The molecule has 0 bridgehead atoms. The highest BCUT2D eigenvalue weighted by molar-refractivity contribution is 5.75. The molecule has 0 saturated carbocycles. The molecule has 1 heterocycles. The molecule has 0 aromatic carbocycles. The van der Waals surface area contributed by atoms with Crippen molar-refractivity contribution in [3.8, 4) is 0 Å². The monoisotopic (exact) mass is 344 g/mol. The molecule has 5 N–H and O–H groups in total. The summed E-state index contributed by atoms with van der Waals surface area (Å²) in [4.78, 5) is 22.9. The summed E-state index contributed by atoms with van der Waals surface area (Å²) >= 11 is 0. The van der Waals surface area contributed by atoms with Crippen LogP contribution in [0.3, 0.4) is 0 Å². The van der Waals surface area contributed by atoms with Gasteiger partial charge < -0.3 is 30.7 Å². The van der Waals surface area contributed by atoms with Gasteiger partial charge in [-0.15, -0.1) is 0 Å². The zero-order valence-electron chi connectivity index (χ0n) is 14.4. The predicted octanol–water partition coefficient (Wildman–Crippen LogP) is -0.817. The molecular weight excluding hydrogens is 316 g/mol. The molecular formula is C16H28N2O6. The van der Waals surface area contributed by atoms with Gasteiger partial charge in [0.25, 0.3) is 0 Å². The Labute approximate surface area is 141 Å². The van der Waals surface area contributed by atoms with Gasteiger partial charge in [0.05, 0.1) is 17.9 Å². The van der Waals surface area contributed by atoms with E-state index in [0.717, 1.165) is 12.8 Å². The highest BCUT2D eigenvalue weighted by atomic mass is 16.5. The van der Waals surface area contributed by atoms with Crippen LogP contribution in [0.25, 0.3) is 0 Å². The summed E-state index contributed by atoms with van der Waals surface area (Å²) in [5, 5.41) is 35.6. The number of nitrogens with one attached hydrogen (secondary N) is 2. The van der Waals surface area contributed by atoms with Crippen LogP contribution in [0.15, 0.2) is 11.8 Å². The van der Waals surface area contributed by atoms with Gasteiger partial charge in [-0.1, -0.05) is 13.3 Å². The molecule has 2 amide bonds. The number of hydrogen-bond donors (Lipinski definition) is 5. The lowest BCUT2D eigenvalue weighted by Crippen LogP contribution is -2.60. The van der Waals surface area contributed by atoms with Gasteiger partial charge in [0, 0.05) is 19.9 Å². The molecule has 8 nitrogen and oxygen atoms in total. The Hall–Kier alpha value is -1.64. The van der Waals surface area contributed by atoms with Crippen molar-refractivity contribution in [2.24, 2.45) is 0 Å². The van der Waals surface area contributed by atoms with E-state index in [1.165, 1.54) is 13.0 Å². The third-order valence-electron chi connectivity index (χ3n) is 3.82. The highest BCUT2D eigenvalue weighted by Crippen LogP contribution is 2.22. The first-order valence-corrected chi connectivity index (χ1v) is 8.19. The number of aliphatic hydroxyl groups is 3. The van der Waals surface area contributed by atoms with E-state index >= 15 is 0 Å². The summed E-state index contributed by atoms with van der Waals surface area (Å²) in [6.45, 7) is 4.71. The number of carbonyl (C=O) groups excluding carboxylic acids is 2. The third kappa shape index (κ3) is 6.10. The molecule has 0 fully saturated rings. The number of hydrogen-bond acceptors (Lipinski definition) is 6. The quantitative estimate of drug-likeness (QED) is 0.391. The molecule has 0 aromatic heterocycles. The van der Waals surface area contributed by atoms with Gasteiger partial charge in [0.15, 0.2) is 0 Å². The topological polar surface area (TPSA) is 128 Å². The lowest BCUT2D eigenvalue weighted by atomic mass is 9.93. The molecule has 1 rings (SSSR count). The Balaban J connectivity index is 2.67. The van der Waals surface area contributed by atoms with Gasteiger partial charge in [-0.2, -0.15) is 0 Å². The maximum absolute atomic E-state index is 11.6. The van der Waals surface area contributed by atoms with Gasteiger partial charge in [-0.25, -0.2) is 0 Å². The van der Waals surface area contributed by atoms with Crippen LogP contribution in [0.5, 0.6) is 0 Å². The van der Waals surface area contributed by atoms with E-state index in [4.69, 9.17) is 4.74 Å². The number of allylic oxidation sites excluding steroid dienone is 1. The van der Waals surface area contributed by atoms with Crippen LogP contribution < -0.4 is 10.6 Å². The minimum absolute atomic E-state index is 0.144. The van der Waals surface area contributed by atoms with Crippen LogP contribution in [0.2, 0.25) is 0 Å². The van der Waals surface area contributed by atoms with Crippen molar-refractivity contribution >= 4 is 11.8 Å². The normalized spacial score (nSPS) is 25.9. The minimum atomic E-state index is -1.40. The molecule has 138 valence electrons. The number of ether oxygens (including phenoxy) is 1. The van der Waals surface area contributed by atoms with Crippen LogP contribution in [-0.4, -0.2) is 64.1 Å². The van der Waals surface area contributed by atoms with E-state index in [1.54, 1.807) is 6.92 Å². The molecule has 1 aliphatic heterocycles. The Bertz CT molecular complexity index is 467. The standard InChI is InChI=1S/C16H28N2O6/c1-4-5-6-13(22)17-8-12(21)15(23)16-14(18-10(3)19)11(20)7-9(2)24-16/h7,11-12,14-16,20-21,23H,4-6,8H2,1-3H3,(H,17,22)(H,18,19)/t11?,12-,14-,15-,16?/m1/s1. The van der Waals surface area contributed by atoms with E-state index in [1.807, 2.05) is 6.92 Å². The van der Waals surface area contributed by atoms with Crippen LogP contribution in [0.1, 0.15) is 40.0 Å². The number of rotatable bonds is 8. The first-order valence-electron chi connectivity index (χ1n) is 8.19. The summed E-state index contributed by atoms with van der Waals surface area (Å²) in [5.41, 5.74) is 0. The minimum Gasteiger partial charge on any atom is -0.490 e. The average Bonchev–Trinajstić information content (AvgIpc) is 2.51. The fraction of sp³-hybridized carbons (Fsp3) is 0.750. The SMILES string of the molecule is CCCCC(=O)NC[C@@H](O)[C@@H](O)C1OC(C)=CC(O)[C@H]1NC(C)=O. The Kier molecular flexibility index (Phi) is 8.17. The largest absolute Gasteiger partial charge is 0.490 e. The van der Waals surface area contributed by atoms with Crippen molar-refractivity contribution in [1.82, 2.24) is 10.6 Å². The summed E-state index contributed by atoms with van der Waals surface area (Å²) < 4.78 is 5.49. The molecule has 1 aliphatic rings. The van der Waals surface area contributed by atoms with Gasteiger partial charge >= 0.3 is 0 Å². The van der Waals surface area contributed by atoms with E-state index in [0.29, 0.717) is 12.2 Å². The molecule has 5 atom stereocenters. The van der Waals surface area contributed by atoms with Crippen molar-refractivity contribution in [1.29, 1.82) is 0 Å². The fourth-order valence-corrected chi connectivity index (χ4v) is 2.53. The van der Waals surface area contributed by atoms with Crippen molar-refractivity contribution in [3.05, 3.63) is 11.8 Å². The van der Waals surface area contributed by atoms with Crippen LogP contribution in [0, 0.1) is 0 Å². The van der Waals surface area contributed by atoms with Crippen molar-refractivity contribution in [3.63, 3.8) is 0 Å². The van der Waals surface area contributed by atoms with Crippen molar-refractivity contribution in [2.45, 2.75) is 70.5 Å². The van der Waals surface area contributed by atoms with Gasteiger partial charge in [0.1, 0.15) is 18.3 Å². The van der Waals surface area contributed by atoms with Crippen molar-refractivity contribution < 1.29 is 29.6 Å². The molecule has 2 unspecified atom stereocenters. The third-order valence-corrected chi connectivity index (χ3v) is 3.82. The number of amides is 2. The van der Waals surface area contributed by atoms with Crippen LogP contribution >= 0.6 is 0 Å². The second-order valence-electron chi connectivity index (χ2n) is 6.04. The maximum Gasteiger partial charge on any atom is 0.220 e. The smallest absolute Gasteiger partial charge is 0.220 e. The lowest BCUT2D eigenvalue weighted by Gasteiger charge is -2.38.